The van der Waals surface area contributed by atoms with E-state index >= 15 is 0 Å². The summed E-state index contributed by atoms with van der Waals surface area (Å²) in [6.07, 6.45) is 0. The lowest BCUT2D eigenvalue weighted by Gasteiger charge is -1.95. The fourth-order valence-corrected chi connectivity index (χ4v) is 3.84. The van der Waals surface area contributed by atoms with Crippen molar-refractivity contribution in [2.45, 2.75) is 4.90 Å². The molecule has 1 heterocycles. The van der Waals surface area contributed by atoms with Crippen molar-refractivity contribution >= 4 is 29.3 Å². The third-order valence-corrected chi connectivity index (χ3v) is 4.28. The van der Waals surface area contributed by atoms with E-state index in [9.17, 15) is 0 Å². The Labute approximate surface area is 69.1 Å². The van der Waals surface area contributed by atoms with Crippen LogP contribution in [0.5, 0.6) is 5.75 Å². The third-order valence-electron chi connectivity index (χ3n) is 1.19. The number of hydrogen-bond acceptors (Lipinski definition) is 2. The molecule has 1 nitrogen and oxygen atoms in total. The first kappa shape index (κ1) is 6.78. The topological polar surface area (TPSA) is 9.23 Å². The van der Waals surface area contributed by atoms with Crippen LogP contribution in [-0.4, -0.2) is 0 Å². The van der Waals surface area contributed by atoms with Crippen LogP contribution in [0, 0.1) is 0 Å². The van der Waals surface area contributed by atoms with Crippen LogP contribution in [0.2, 0.25) is 0 Å². The molecule has 2 rings (SSSR count). The minimum Gasteiger partial charge on any atom is -0.447 e. The zero-order valence-corrected chi connectivity index (χ0v) is 7.42. The summed E-state index contributed by atoms with van der Waals surface area (Å²) in [4.78, 5) is 1.16. The van der Waals surface area contributed by atoms with Crippen LogP contribution in [0.3, 0.4) is 0 Å². The van der Waals surface area contributed by atoms with Gasteiger partial charge in [0.2, 0.25) is 0 Å². The monoisotopic (exact) mass is 190 g/mol. The first-order chi connectivity index (χ1) is 4.86. The predicted octanol–water partition coefficient (Wildman–Crippen LogP) is 3.64. The molecule has 0 radical (unpaired) electrons. The Hall–Kier alpha value is 0.0900. The summed E-state index contributed by atoms with van der Waals surface area (Å²) in [5.74, 6) is 0.925. The van der Waals surface area contributed by atoms with E-state index < -0.39 is 6.70 Å². The van der Waals surface area contributed by atoms with Gasteiger partial charge in [-0.05, 0) is 34.8 Å². The molecule has 0 spiro atoms. The molecule has 0 amide bonds. The molecule has 1 aliphatic heterocycles. The van der Waals surface area contributed by atoms with Crippen molar-refractivity contribution in [3.63, 3.8) is 0 Å². The summed E-state index contributed by atoms with van der Waals surface area (Å²) in [5.41, 5.74) is 0. The smallest absolute Gasteiger partial charge is 0.251 e. The van der Waals surface area contributed by atoms with E-state index in [1.54, 1.807) is 11.4 Å². The highest BCUT2D eigenvalue weighted by atomic mass is 35.7. The van der Waals surface area contributed by atoms with Gasteiger partial charge in [-0.15, -0.1) is 0 Å². The summed E-state index contributed by atoms with van der Waals surface area (Å²) in [7, 11) is 0. The van der Waals surface area contributed by atoms with E-state index in [0.717, 1.165) is 10.6 Å². The van der Waals surface area contributed by atoms with Crippen molar-refractivity contribution in [2.24, 2.45) is 0 Å². The molecule has 1 aromatic carbocycles. The second-order valence-corrected chi connectivity index (χ2v) is 6.14. The van der Waals surface area contributed by atoms with Crippen LogP contribution >= 0.6 is 29.3 Å². The van der Waals surface area contributed by atoms with Crippen LogP contribution in [0.25, 0.3) is 0 Å². The van der Waals surface area contributed by atoms with Gasteiger partial charge in [0.05, 0.1) is 4.90 Å². The van der Waals surface area contributed by atoms with Gasteiger partial charge >= 0.3 is 0 Å². The molecule has 1 unspecified atom stereocenters. The van der Waals surface area contributed by atoms with Crippen molar-refractivity contribution in [1.29, 1.82) is 0 Å². The average Bonchev–Trinajstić information content (AvgIpc) is 2.27. The molecule has 10 heavy (non-hydrogen) atoms. The van der Waals surface area contributed by atoms with Gasteiger partial charge in [-0.2, -0.15) is 0 Å². The highest BCUT2D eigenvalue weighted by Crippen LogP contribution is 2.66. The van der Waals surface area contributed by atoms with Gasteiger partial charge in [0, 0.05) is 0 Å². The Morgan fingerprint density at radius 3 is 3.00 bits per heavy atom. The van der Waals surface area contributed by atoms with Crippen molar-refractivity contribution < 1.29 is 4.52 Å². The number of halogens is 1. The van der Waals surface area contributed by atoms with Crippen molar-refractivity contribution in [3.8, 4) is 5.75 Å². The van der Waals surface area contributed by atoms with E-state index in [1.807, 2.05) is 24.3 Å². The molecule has 1 aromatic rings. The van der Waals surface area contributed by atoms with Crippen molar-refractivity contribution in [3.05, 3.63) is 24.3 Å². The summed E-state index contributed by atoms with van der Waals surface area (Å²) < 4.78 is 5.30. The summed E-state index contributed by atoms with van der Waals surface area (Å²) in [6, 6.07) is 7.89. The van der Waals surface area contributed by atoms with E-state index in [4.69, 9.17) is 15.8 Å². The number of benzene rings is 1. The van der Waals surface area contributed by atoms with E-state index in [-0.39, 0.29) is 0 Å². The lowest BCUT2D eigenvalue weighted by atomic mass is 10.3. The molecule has 0 aliphatic carbocycles. The fourth-order valence-electron chi connectivity index (χ4n) is 0.774. The molecule has 1 atom stereocenters. The van der Waals surface area contributed by atoms with Gasteiger partial charge < -0.3 is 4.52 Å². The quantitative estimate of drug-likeness (QED) is 0.578. The van der Waals surface area contributed by atoms with Crippen LogP contribution < -0.4 is 4.52 Å². The summed E-state index contributed by atoms with van der Waals surface area (Å²) in [5, 5.41) is 0. The molecule has 1 aliphatic rings. The Bertz CT molecular complexity index is 230. The normalized spacial score (nSPS) is 21.9. The zero-order valence-electron chi connectivity index (χ0n) is 4.95. The Morgan fingerprint density at radius 1 is 1.40 bits per heavy atom. The molecular formula is C6H4ClOPS. The second kappa shape index (κ2) is 2.61. The second-order valence-electron chi connectivity index (χ2n) is 1.84. The first-order valence-electron chi connectivity index (χ1n) is 2.77. The zero-order chi connectivity index (χ0) is 6.97. The van der Waals surface area contributed by atoms with Gasteiger partial charge in [-0.1, -0.05) is 12.1 Å². The van der Waals surface area contributed by atoms with Gasteiger partial charge in [-0.25, -0.2) is 0 Å². The van der Waals surface area contributed by atoms with Crippen molar-refractivity contribution in [2.75, 3.05) is 0 Å². The van der Waals surface area contributed by atoms with Gasteiger partial charge in [0.15, 0.2) is 0 Å². The third kappa shape index (κ3) is 1.12. The van der Waals surface area contributed by atoms with Crippen LogP contribution in [0.15, 0.2) is 29.2 Å². The van der Waals surface area contributed by atoms with Gasteiger partial charge in [0.1, 0.15) is 5.75 Å². The van der Waals surface area contributed by atoms with Gasteiger partial charge in [-0.3, -0.25) is 0 Å². The number of rotatable bonds is 0. The maximum Gasteiger partial charge on any atom is 0.251 e. The van der Waals surface area contributed by atoms with E-state index in [0.29, 0.717) is 0 Å². The molecule has 4 heteroatoms. The molecule has 0 N–H and O–H groups in total. The van der Waals surface area contributed by atoms with E-state index in [2.05, 4.69) is 0 Å². The molecule has 0 bridgehead atoms. The minimum absolute atomic E-state index is 0.803. The lowest BCUT2D eigenvalue weighted by molar-refractivity contribution is 0.629. The Morgan fingerprint density at radius 2 is 2.20 bits per heavy atom. The number of fused-ring (bicyclic) bond motifs is 1. The maximum atomic E-state index is 5.78. The summed E-state index contributed by atoms with van der Waals surface area (Å²) in [6.45, 7) is -0.803. The van der Waals surface area contributed by atoms with Gasteiger partial charge in [0.25, 0.3) is 6.70 Å². The molecule has 0 saturated heterocycles. The average molecular weight is 191 g/mol. The Kier molecular flexibility index (Phi) is 1.77. The molecule has 0 aromatic heterocycles. The molecule has 0 fully saturated rings. The maximum absolute atomic E-state index is 5.78. The highest BCUT2D eigenvalue weighted by molar-refractivity contribution is 8.61. The van der Waals surface area contributed by atoms with E-state index in [1.165, 1.54) is 0 Å². The fraction of sp³-hybridized carbons (Fsp3) is 0. The Balaban J connectivity index is 2.42. The lowest BCUT2D eigenvalue weighted by Crippen LogP contribution is -1.70. The molecular weight excluding hydrogens is 187 g/mol. The van der Waals surface area contributed by atoms with Crippen LogP contribution in [0.4, 0.5) is 0 Å². The van der Waals surface area contributed by atoms with Crippen molar-refractivity contribution in [1.82, 2.24) is 0 Å². The standard InChI is InChI=1S/C6H4ClOPS/c7-9-8-5-3-1-2-4-6(5)10-9/h1-4H. The van der Waals surface area contributed by atoms with Crippen LogP contribution in [-0.2, 0) is 0 Å². The predicted molar refractivity (Wildman–Crippen MR) is 45.7 cm³/mol. The number of para-hydroxylation sites is 1. The molecule has 52 valence electrons. The van der Waals surface area contributed by atoms with Crippen LogP contribution in [0.1, 0.15) is 0 Å². The minimum atomic E-state index is -0.803. The first-order valence-corrected chi connectivity index (χ1v) is 6.36. The summed E-state index contributed by atoms with van der Waals surface area (Å²) >= 11 is 7.38. The molecule has 0 saturated carbocycles. The highest BCUT2D eigenvalue weighted by Gasteiger charge is 2.21. The SMILES string of the molecule is ClP1Oc2ccccc2S1. The number of hydrogen-bond donors (Lipinski definition) is 0. The largest absolute Gasteiger partial charge is 0.447 e.